The number of ketones is 1. The molecule has 2 rings (SSSR count). The number of carbonyl (C=O) groups excluding carboxylic acids is 2. The summed E-state index contributed by atoms with van der Waals surface area (Å²) in [6.45, 7) is 1.38. The van der Waals surface area contributed by atoms with Crippen molar-refractivity contribution in [2.45, 2.75) is 11.8 Å². The highest BCUT2D eigenvalue weighted by molar-refractivity contribution is 8.00. The summed E-state index contributed by atoms with van der Waals surface area (Å²) in [5.74, 6) is -0.451. The lowest BCUT2D eigenvalue weighted by atomic mass is 10.1. The van der Waals surface area contributed by atoms with Crippen molar-refractivity contribution in [3.8, 4) is 0 Å². The molecule has 0 aliphatic rings. The Balaban J connectivity index is 1.93. The Labute approximate surface area is 125 Å². The van der Waals surface area contributed by atoms with E-state index in [1.807, 2.05) is 0 Å². The molecule has 0 aliphatic heterocycles. The van der Waals surface area contributed by atoms with Gasteiger partial charge in [0, 0.05) is 29.8 Å². The minimum absolute atomic E-state index is 0.0624. The normalized spacial score (nSPS) is 10.4. The molecule has 0 atom stereocenters. The molecule has 21 heavy (non-hydrogen) atoms. The molecule has 5 nitrogen and oxygen atoms in total. The molecule has 0 spiro atoms. The fourth-order valence-electron chi connectivity index (χ4n) is 1.64. The number of amides is 1. The largest absolute Gasteiger partial charge is 0.308 e. The smallest absolute Gasteiger partial charge is 0.235 e. The number of thioether (sulfide) groups is 1. The molecule has 2 aromatic rings. The third-order valence-corrected chi connectivity index (χ3v) is 3.73. The number of halogens is 1. The number of nitrogens with one attached hydrogen (secondary N) is 1. The van der Waals surface area contributed by atoms with Crippen LogP contribution < -0.4 is 5.32 Å². The minimum Gasteiger partial charge on any atom is -0.308 e. The van der Waals surface area contributed by atoms with E-state index >= 15 is 0 Å². The van der Waals surface area contributed by atoms with Gasteiger partial charge in [0.2, 0.25) is 5.91 Å². The highest BCUT2D eigenvalue weighted by Crippen LogP contribution is 2.23. The number of anilines is 1. The van der Waals surface area contributed by atoms with Gasteiger partial charge in [0.25, 0.3) is 0 Å². The Kier molecular flexibility index (Phi) is 4.74. The van der Waals surface area contributed by atoms with E-state index in [1.54, 1.807) is 30.1 Å². The number of aromatic nitrogens is 2. The van der Waals surface area contributed by atoms with Crippen molar-refractivity contribution in [1.82, 2.24) is 9.78 Å². The van der Waals surface area contributed by atoms with Crippen LogP contribution in [0.5, 0.6) is 0 Å². The van der Waals surface area contributed by atoms with Gasteiger partial charge in [-0.1, -0.05) is 6.07 Å². The Bertz CT molecular complexity index is 685. The number of hydrogen-bond acceptors (Lipinski definition) is 4. The maximum absolute atomic E-state index is 13.8. The van der Waals surface area contributed by atoms with E-state index in [-0.39, 0.29) is 17.4 Å². The summed E-state index contributed by atoms with van der Waals surface area (Å²) in [5, 5.41) is 6.63. The van der Waals surface area contributed by atoms with Gasteiger partial charge >= 0.3 is 0 Å². The highest BCUT2D eigenvalue weighted by Gasteiger charge is 2.10. The number of benzene rings is 1. The second-order valence-electron chi connectivity index (χ2n) is 4.41. The van der Waals surface area contributed by atoms with Gasteiger partial charge < -0.3 is 5.32 Å². The van der Waals surface area contributed by atoms with Crippen LogP contribution in [0.4, 0.5) is 10.2 Å². The van der Waals surface area contributed by atoms with Crippen LogP contribution in [0.3, 0.4) is 0 Å². The van der Waals surface area contributed by atoms with Crippen molar-refractivity contribution in [2.75, 3.05) is 11.1 Å². The fraction of sp³-hybridized carbons (Fsp3) is 0.214. The van der Waals surface area contributed by atoms with Gasteiger partial charge in [0.05, 0.1) is 5.75 Å². The summed E-state index contributed by atoms with van der Waals surface area (Å²) in [6.07, 6.45) is 1.71. The first-order valence-corrected chi connectivity index (χ1v) is 7.17. The number of aryl methyl sites for hydroxylation is 1. The van der Waals surface area contributed by atoms with Crippen LogP contribution in [-0.2, 0) is 11.8 Å². The predicted molar refractivity (Wildman–Crippen MR) is 79.0 cm³/mol. The number of rotatable bonds is 5. The number of carbonyl (C=O) groups is 2. The first kappa shape index (κ1) is 15.2. The second kappa shape index (κ2) is 6.53. The van der Waals surface area contributed by atoms with E-state index in [0.717, 1.165) is 11.8 Å². The zero-order chi connectivity index (χ0) is 15.4. The zero-order valence-corrected chi connectivity index (χ0v) is 12.4. The Morgan fingerprint density at radius 3 is 2.71 bits per heavy atom. The Morgan fingerprint density at radius 2 is 2.14 bits per heavy atom. The molecule has 1 amide bonds. The van der Waals surface area contributed by atoms with Crippen LogP contribution in [-0.4, -0.2) is 27.2 Å². The SMILES string of the molecule is CC(=O)c1ccc(SCC(=O)Nc2ccn(C)n2)c(F)c1. The van der Waals surface area contributed by atoms with Crippen LogP contribution >= 0.6 is 11.8 Å². The van der Waals surface area contributed by atoms with E-state index in [9.17, 15) is 14.0 Å². The summed E-state index contributed by atoms with van der Waals surface area (Å²) in [6, 6.07) is 5.90. The molecule has 1 N–H and O–H groups in total. The van der Waals surface area contributed by atoms with Crippen molar-refractivity contribution >= 4 is 29.3 Å². The van der Waals surface area contributed by atoms with Crippen molar-refractivity contribution < 1.29 is 14.0 Å². The summed E-state index contributed by atoms with van der Waals surface area (Å²) in [7, 11) is 1.75. The molecule has 110 valence electrons. The minimum atomic E-state index is -0.502. The van der Waals surface area contributed by atoms with Gasteiger partial charge in [0.15, 0.2) is 11.6 Å². The number of nitrogens with zero attached hydrogens (tertiary/aromatic N) is 2. The average Bonchev–Trinajstić information content (AvgIpc) is 2.82. The fourth-order valence-corrected chi connectivity index (χ4v) is 2.36. The lowest BCUT2D eigenvalue weighted by Gasteiger charge is -2.05. The van der Waals surface area contributed by atoms with E-state index in [2.05, 4.69) is 10.4 Å². The molecular weight excluding hydrogens is 293 g/mol. The summed E-state index contributed by atoms with van der Waals surface area (Å²) in [4.78, 5) is 23.2. The summed E-state index contributed by atoms with van der Waals surface area (Å²) < 4.78 is 15.3. The van der Waals surface area contributed by atoms with Crippen LogP contribution in [0.1, 0.15) is 17.3 Å². The Morgan fingerprint density at radius 1 is 1.38 bits per heavy atom. The van der Waals surface area contributed by atoms with E-state index in [4.69, 9.17) is 0 Å². The molecular formula is C14H14FN3O2S. The summed E-state index contributed by atoms with van der Waals surface area (Å²) in [5.41, 5.74) is 0.315. The van der Waals surface area contributed by atoms with Crippen molar-refractivity contribution in [1.29, 1.82) is 0 Å². The van der Waals surface area contributed by atoms with E-state index < -0.39 is 5.82 Å². The molecule has 0 bridgehead atoms. The molecule has 0 radical (unpaired) electrons. The maximum atomic E-state index is 13.8. The van der Waals surface area contributed by atoms with Gasteiger partial charge in [-0.25, -0.2) is 4.39 Å². The van der Waals surface area contributed by atoms with Gasteiger partial charge in [-0.3, -0.25) is 14.3 Å². The molecule has 0 fully saturated rings. The standard InChI is InChI=1S/C14H14FN3O2S/c1-9(19)10-3-4-12(11(15)7-10)21-8-14(20)16-13-5-6-18(2)17-13/h3-7H,8H2,1-2H3,(H,16,17,20). The van der Waals surface area contributed by atoms with E-state index in [0.29, 0.717) is 16.3 Å². The first-order valence-electron chi connectivity index (χ1n) is 6.18. The summed E-state index contributed by atoms with van der Waals surface area (Å²) >= 11 is 1.07. The predicted octanol–water partition coefficient (Wildman–Crippen LogP) is 2.49. The number of Topliss-reactive ketones (excluding diaryl/α,β-unsaturated/α-hetero) is 1. The lowest BCUT2D eigenvalue weighted by Crippen LogP contribution is -2.14. The van der Waals surface area contributed by atoms with Gasteiger partial charge in [-0.2, -0.15) is 5.10 Å². The molecule has 0 aliphatic carbocycles. The molecule has 0 saturated carbocycles. The van der Waals surface area contributed by atoms with Gasteiger partial charge in [0.1, 0.15) is 5.82 Å². The first-order chi connectivity index (χ1) is 9.95. The zero-order valence-electron chi connectivity index (χ0n) is 11.6. The topological polar surface area (TPSA) is 64.0 Å². The van der Waals surface area contributed by atoms with Gasteiger partial charge in [-0.05, 0) is 19.1 Å². The Hall–Kier alpha value is -2.15. The van der Waals surface area contributed by atoms with Crippen LogP contribution in [0, 0.1) is 5.82 Å². The average molecular weight is 307 g/mol. The van der Waals surface area contributed by atoms with E-state index in [1.165, 1.54) is 19.1 Å². The van der Waals surface area contributed by atoms with Crippen molar-refractivity contribution in [2.24, 2.45) is 7.05 Å². The molecule has 0 saturated heterocycles. The molecule has 1 heterocycles. The highest BCUT2D eigenvalue weighted by atomic mass is 32.2. The van der Waals surface area contributed by atoms with Crippen LogP contribution in [0.2, 0.25) is 0 Å². The third-order valence-electron chi connectivity index (χ3n) is 2.68. The monoisotopic (exact) mass is 307 g/mol. The van der Waals surface area contributed by atoms with Crippen LogP contribution in [0.15, 0.2) is 35.4 Å². The van der Waals surface area contributed by atoms with Crippen molar-refractivity contribution in [3.05, 3.63) is 41.8 Å². The molecule has 7 heteroatoms. The van der Waals surface area contributed by atoms with Crippen molar-refractivity contribution in [3.63, 3.8) is 0 Å². The molecule has 1 aromatic heterocycles. The third kappa shape index (κ3) is 4.16. The quantitative estimate of drug-likeness (QED) is 0.681. The second-order valence-corrected chi connectivity index (χ2v) is 5.43. The number of hydrogen-bond donors (Lipinski definition) is 1. The molecule has 0 unspecified atom stereocenters. The van der Waals surface area contributed by atoms with Gasteiger partial charge in [-0.15, -0.1) is 11.8 Å². The lowest BCUT2D eigenvalue weighted by molar-refractivity contribution is -0.113. The van der Waals surface area contributed by atoms with Crippen LogP contribution in [0.25, 0.3) is 0 Å². The maximum Gasteiger partial charge on any atom is 0.235 e. The molecule has 1 aromatic carbocycles.